The monoisotopic (exact) mass is 423 g/mol. The third-order valence-corrected chi connectivity index (χ3v) is 5.39. The fraction of sp³-hybridized carbons (Fsp3) is 0.217. The highest BCUT2D eigenvalue weighted by Crippen LogP contribution is 2.27. The zero-order valence-electron chi connectivity index (χ0n) is 17.0. The molecule has 0 bridgehead atoms. The van der Waals surface area contributed by atoms with Crippen molar-refractivity contribution in [2.45, 2.75) is 25.7 Å². The number of hydrogen-bond acceptors (Lipinski definition) is 4. The Bertz CT molecular complexity index is 1140. The molecule has 0 fully saturated rings. The standard InChI is InChI=1S/C23H23ClFN5/c1-15(16-5-4-6-17(11-16)19-13-27-30(3)14-19)28-23(2)26-10-9-22(29-23)18-7-8-21(25)20(24)12-18/h4-15,28-29H,1-3H3. The van der Waals surface area contributed by atoms with E-state index in [4.69, 9.17) is 11.6 Å². The lowest BCUT2D eigenvalue weighted by Gasteiger charge is -2.35. The summed E-state index contributed by atoms with van der Waals surface area (Å²) in [5.74, 6) is -1.16. The summed E-state index contributed by atoms with van der Waals surface area (Å²) >= 11 is 5.95. The van der Waals surface area contributed by atoms with E-state index in [9.17, 15) is 4.39 Å². The van der Waals surface area contributed by atoms with E-state index in [0.717, 1.165) is 28.0 Å². The SMILES string of the molecule is CC(NC1(C)N=CC=C(c2ccc(F)c(Cl)c2)N1)c1cccc(-c2cnn(C)c2)c1. The molecular formula is C23H23ClFN5. The second-order valence-corrected chi connectivity index (χ2v) is 7.99. The van der Waals surface area contributed by atoms with Crippen molar-refractivity contribution in [2.24, 2.45) is 12.0 Å². The van der Waals surface area contributed by atoms with Crippen molar-refractivity contribution in [3.63, 3.8) is 0 Å². The fourth-order valence-corrected chi connectivity index (χ4v) is 3.75. The minimum atomic E-state index is -0.728. The number of nitrogens with zero attached hydrogens (tertiary/aromatic N) is 3. The lowest BCUT2D eigenvalue weighted by atomic mass is 10.0. The van der Waals surface area contributed by atoms with Crippen LogP contribution < -0.4 is 10.6 Å². The van der Waals surface area contributed by atoms with E-state index >= 15 is 0 Å². The van der Waals surface area contributed by atoms with Crippen molar-refractivity contribution >= 4 is 23.5 Å². The first-order valence-corrected chi connectivity index (χ1v) is 10.1. The summed E-state index contributed by atoms with van der Waals surface area (Å²) < 4.78 is 15.3. The van der Waals surface area contributed by atoms with E-state index in [1.165, 1.54) is 6.07 Å². The molecule has 0 radical (unpaired) electrons. The summed E-state index contributed by atoms with van der Waals surface area (Å²) in [5, 5.41) is 11.3. The Balaban J connectivity index is 1.52. The fourth-order valence-electron chi connectivity index (χ4n) is 3.57. The van der Waals surface area contributed by atoms with Crippen LogP contribution in [-0.4, -0.2) is 21.8 Å². The van der Waals surface area contributed by atoms with Gasteiger partial charge in [-0.25, -0.2) is 4.39 Å². The van der Waals surface area contributed by atoms with E-state index in [1.807, 2.05) is 38.5 Å². The molecule has 2 heterocycles. The van der Waals surface area contributed by atoms with Crippen molar-refractivity contribution in [3.05, 3.63) is 82.9 Å². The molecule has 2 atom stereocenters. The topological polar surface area (TPSA) is 54.2 Å². The predicted octanol–water partition coefficient (Wildman–Crippen LogP) is 4.92. The minimum Gasteiger partial charge on any atom is -0.349 e. The van der Waals surface area contributed by atoms with Gasteiger partial charge in [-0.2, -0.15) is 5.10 Å². The molecule has 2 N–H and O–H groups in total. The number of nitrogens with one attached hydrogen (secondary N) is 2. The maximum atomic E-state index is 13.5. The van der Waals surface area contributed by atoms with E-state index in [1.54, 1.807) is 23.0 Å². The normalized spacial score (nSPS) is 19.3. The highest BCUT2D eigenvalue weighted by molar-refractivity contribution is 6.30. The molecule has 30 heavy (non-hydrogen) atoms. The highest BCUT2D eigenvalue weighted by atomic mass is 35.5. The second kappa shape index (κ2) is 8.05. The number of benzene rings is 2. The Kier molecular flexibility index (Phi) is 5.45. The van der Waals surface area contributed by atoms with Crippen LogP contribution in [0.1, 0.15) is 31.0 Å². The largest absolute Gasteiger partial charge is 0.349 e. The number of aliphatic imine (C=N–C) groups is 1. The lowest BCUT2D eigenvalue weighted by molar-refractivity contribution is 0.302. The molecule has 2 aromatic carbocycles. The van der Waals surface area contributed by atoms with E-state index in [0.29, 0.717) is 0 Å². The van der Waals surface area contributed by atoms with Crippen LogP contribution in [0.25, 0.3) is 16.8 Å². The molecule has 1 aromatic heterocycles. The van der Waals surface area contributed by atoms with Crippen LogP contribution in [0.2, 0.25) is 5.02 Å². The minimum absolute atomic E-state index is 0.0208. The summed E-state index contributed by atoms with van der Waals surface area (Å²) in [6.45, 7) is 4.06. The molecule has 0 saturated carbocycles. The van der Waals surface area contributed by atoms with Crippen LogP contribution in [0.5, 0.6) is 0 Å². The predicted molar refractivity (Wildman–Crippen MR) is 120 cm³/mol. The first-order chi connectivity index (χ1) is 14.3. The average molecular weight is 424 g/mol. The maximum absolute atomic E-state index is 13.5. The highest BCUT2D eigenvalue weighted by Gasteiger charge is 2.28. The molecule has 3 aromatic rings. The van der Waals surface area contributed by atoms with Crippen LogP contribution in [0.3, 0.4) is 0 Å². The summed E-state index contributed by atoms with van der Waals surface area (Å²) in [7, 11) is 1.91. The van der Waals surface area contributed by atoms with Gasteiger partial charge in [0.1, 0.15) is 5.82 Å². The van der Waals surface area contributed by atoms with Gasteiger partial charge in [-0.15, -0.1) is 0 Å². The van der Waals surface area contributed by atoms with Crippen LogP contribution in [-0.2, 0) is 7.05 Å². The Morgan fingerprint density at radius 1 is 1.17 bits per heavy atom. The number of hydrogen-bond donors (Lipinski definition) is 2. The Labute approximate surface area is 180 Å². The van der Waals surface area contributed by atoms with Gasteiger partial charge < -0.3 is 5.32 Å². The molecule has 0 saturated heterocycles. The van der Waals surface area contributed by atoms with E-state index < -0.39 is 11.6 Å². The van der Waals surface area contributed by atoms with Crippen molar-refractivity contribution in [2.75, 3.05) is 0 Å². The summed E-state index contributed by atoms with van der Waals surface area (Å²) in [4.78, 5) is 4.58. The van der Waals surface area contributed by atoms with Gasteiger partial charge in [0, 0.05) is 36.8 Å². The van der Waals surface area contributed by atoms with Crippen LogP contribution in [0.4, 0.5) is 4.39 Å². The molecular weight excluding hydrogens is 401 g/mol. The van der Waals surface area contributed by atoms with Crippen LogP contribution in [0, 0.1) is 5.82 Å². The van der Waals surface area contributed by atoms with Gasteiger partial charge >= 0.3 is 0 Å². The lowest BCUT2D eigenvalue weighted by Crippen LogP contribution is -2.54. The van der Waals surface area contributed by atoms with Gasteiger partial charge in [0.15, 0.2) is 5.79 Å². The molecule has 154 valence electrons. The second-order valence-electron chi connectivity index (χ2n) is 7.58. The van der Waals surface area contributed by atoms with Gasteiger partial charge in [-0.05, 0) is 60.9 Å². The van der Waals surface area contributed by atoms with Gasteiger partial charge in [-0.1, -0.05) is 29.8 Å². The molecule has 5 nitrogen and oxygen atoms in total. The summed E-state index contributed by atoms with van der Waals surface area (Å²) in [5.41, 5.74) is 4.94. The number of allylic oxidation sites excluding steroid dienone is 1. The number of halogens is 2. The average Bonchev–Trinajstić information content (AvgIpc) is 3.16. The van der Waals surface area contributed by atoms with E-state index in [-0.39, 0.29) is 11.1 Å². The Hall–Kier alpha value is -2.96. The number of rotatable bonds is 5. The molecule has 2 unspecified atom stereocenters. The third-order valence-electron chi connectivity index (χ3n) is 5.11. The first kappa shape index (κ1) is 20.3. The molecule has 7 heteroatoms. The van der Waals surface area contributed by atoms with Gasteiger partial charge in [0.2, 0.25) is 0 Å². The number of aromatic nitrogens is 2. The molecule has 1 aliphatic rings. The van der Waals surface area contributed by atoms with Gasteiger partial charge in [0.05, 0.1) is 11.2 Å². The van der Waals surface area contributed by atoms with Crippen molar-refractivity contribution in [1.82, 2.24) is 20.4 Å². The molecule has 4 rings (SSSR count). The third kappa shape index (κ3) is 4.30. The van der Waals surface area contributed by atoms with Crippen molar-refractivity contribution in [1.29, 1.82) is 0 Å². The zero-order valence-corrected chi connectivity index (χ0v) is 17.8. The van der Waals surface area contributed by atoms with Crippen molar-refractivity contribution < 1.29 is 4.39 Å². The van der Waals surface area contributed by atoms with Crippen molar-refractivity contribution in [3.8, 4) is 11.1 Å². The molecule has 1 aliphatic heterocycles. The van der Waals surface area contributed by atoms with Crippen LogP contribution in [0.15, 0.2) is 65.9 Å². The Morgan fingerprint density at radius 3 is 2.73 bits per heavy atom. The van der Waals surface area contributed by atoms with Gasteiger partial charge in [-0.3, -0.25) is 15.0 Å². The Morgan fingerprint density at radius 2 is 2.00 bits per heavy atom. The van der Waals surface area contributed by atoms with Gasteiger partial charge in [0.25, 0.3) is 0 Å². The van der Waals surface area contributed by atoms with Crippen LogP contribution >= 0.6 is 11.6 Å². The summed E-state index contributed by atoms with van der Waals surface area (Å²) in [6, 6.07) is 13.0. The summed E-state index contributed by atoms with van der Waals surface area (Å²) in [6.07, 6.45) is 7.45. The molecule has 0 amide bonds. The van der Waals surface area contributed by atoms with E-state index in [2.05, 4.69) is 45.8 Å². The zero-order chi connectivity index (χ0) is 21.3. The first-order valence-electron chi connectivity index (χ1n) is 9.69. The number of aryl methyl sites for hydroxylation is 1. The quantitative estimate of drug-likeness (QED) is 0.612. The molecule has 0 spiro atoms. The maximum Gasteiger partial charge on any atom is 0.182 e. The molecule has 0 aliphatic carbocycles. The smallest absolute Gasteiger partial charge is 0.182 e.